The molecule has 0 atom stereocenters. The second-order valence-electron chi connectivity index (χ2n) is 3.10. The lowest BCUT2D eigenvalue weighted by molar-refractivity contribution is 0.0524. The molecule has 4 heteroatoms. The molecule has 86 valence electrons. The number of carbonyl (C=O) groups excluding carboxylic acids is 1. The topological polar surface area (TPSA) is 52.3 Å². The van der Waals surface area contributed by atoms with Crippen molar-refractivity contribution in [3.8, 4) is 0 Å². The standard InChI is InChI=1S/C12H15NO3/c1-4-6-7-8-10-11(9(3)16-13-10)12(14)15-5-2/h4,6-8H,5H2,1-3H3/b6-4+,8-7+. The fourth-order valence-corrected chi connectivity index (χ4v) is 1.21. The molecule has 0 aliphatic carbocycles. The quantitative estimate of drug-likeness (QED) is 0.579. The van der Waals surface area contributed by atoms with Crippen LogP contribution < -0.4 is 0 Å². The lowest BCUT2D eigenvalue weighted by atomic mass is 10.2. The highest BCUT2D eigenvalue weighted by Crippen LogP contribution is 2.16. The van der Waals surface area contributed by atoms with Crippen LogP contribution in [0.4, 0.5) is 0 Å². The molecular formula is C12H15NO3. The van der Waals surface area contributed by atoms with Gasteiger partial charge in [0.1, 0.15) is 17.0 Å². The van der Waals surface area contributed by atoms with Gasteiger partial charge in [0.25, 0.3) is 0 Å². The summed E-state index contributed by atoms with van der Waals surface area (Å²) >= 11 is 0. The van der Waals surface area contributed by atoms with Crippen LogP contribution in [0.1, 0.15) is 35.7 Å². The first-order valence-electron chi connectivity index (χ1n) is 5.13. The molecule has 1 aromatic rings. The Kier molecular flexibility index (Phi) is 4.51. The van der Waals surface area contributed by atoms with E-state index in [1.165, 1.54) is 0 Å². The number of hydrogen-bond donors (Lipinski definition) is 0. The summed E-state index contributed by atoms with van der Waals surface area (Å²) in [4.78, 5) is 11.6. The normalized spacial score (nSPS) is 11.4. The zero-order valence-corrected chi connectivity index (χ0v) is 9.69. The third-order valence-corrected chi connectivity index (χ3v) is 1.93. The molecule has 0 fully saturated rings. The molecule has 0 N–H and O–H groups in total. The van der Waals surface area contributed by atoms with Crippen LogP contribution in [0.15, 0.2) is 22.8 Å². The summed E-state index contributed by atoms with van der Waals surface area (Å²) in [5.41, 5.74) is 0.886. The minimum atomic E-state index is -0.402. The average Bonchev–Trinajstić information content (AvgIpc) is 2.61. The lowest BCUT2D eigenvalue weighted by Crippen LogP contribution is -2.06. The van der Waals surface area contributed by atoms with Gasteiger partial charge < -0.3 is 9.26 Å². The van der Waals surface area contributed by atoms with Gasteiger partial charge in [-0.25, -0.2) is 4.79 Å². The van der Waals surface area contributed by atoms with E-state index in [0.29, 0.717) is 23.6 Å². The third-order valence-electron chi connectivity index (χ3n) is 1.93. The van der Waals surface area contributed by atoms with Crippen LogP contribution in [0, 0.1) is 6.92 Å². The van der Waals surface area contributed by atoms with Crippen molar-refractivity contribution in [1.82, 2.24) is 5.16 Å². The average molecular weight is 221 g/mol. The fourth-order valence-electron chi connectivity index (χ4n) is 1.21. The van der Waals surface area contributed by atoms with Crippen LogP contribution in [-0.4, -0.2) is 17.7 Å². The van der Waals surface area contributed by atoms with E-state index in [4.69, 9.17) is 9.26 Å². The summed E-state index contributed by atoms with van der Waals surface area (Å²) in [5.74, 6) is 0.0694. The Balaban J connectivity index is 2.98. The maximum absolute atomic E-state index is 11.6. The number of hydrogen-bond acceptors (Lipinski definition) is 4. The van der Waals surface area contributed by atoms with Gasteiger partial charge in [0.15, 0.2) is 0 Å². The molecule has 0 aromatic carbocycles. The van der Waals surface area contributed by atoms with Crippen molar-refractivity contribution in [2.45, 2.75) is 20.8 Å². The number of allylic oxidation sites excluding steroid dienone is 3. The van der Waals surface area contributed by atoms with Crippen molar-refractivity contribution in [2.75, 3.05) is 6.61 Å². The van der Waals surface area contributed by atoms with Crippen LogP contribution in [0.25, 0.3) is 6.08 Å². The number of aromatic nitrogens is 1. The zero-order chi connectivity index (χ0) is 12.0. The summed E-state index contributed by atoms with van der Waals surface area (Å²) in [5, 5.41) is 3.79. The second-order valence-corrected chi connectivity index (χ2v) is 3.10. The Morgan fingerprint density at radius 2 is 2.25 bits per heavy atom. The van der Waals surface area contributed by atoms with Crippen LogP contribution >= 0.6 is 0 Å². The monoisotopic (exact) mass is 221 g/mol. The zero-order valence-electron chi connectivity index (χ0n) is 9.69. The maximum Gasteiger partial charge on any atom is 0.344 e. The molecule has 0 bridgehead atoms. The minimum Gasteiger partial charge on any atom is -0.462 e. The Morgan fingerprint density at radius 3 is 2.88 bits per heavy atom. The smallest absolute Gasteiger partial charge is 0.344 e. The van der Waals surface area contributed by atoms with Gasteiger partial charge in [-0.2, -0.15) is 0 Å². The van der Waals surface area contributed by atoms with Gasteiger partial charge in [-0.3, -0.25) is 0 Å². The van der Waals surface area contributed by atoms with Gasteiger partial charge in [-0.05, 0) is 26.8 Å². The molecule has 1 aromatic heterocycles. The Morgan fingerprint density at radius 1 is 1.50 bits per heavy atom. The van der Waals surface area contributed by atoms with Crippen molar-refractivity contribution in [3.63, 3.8) is 0 Å². The second kappa shape index (κ2) is 5.90. The van der Waals surface area contributed by atoms with E-state index in [1.54, 1.807) is 26.0 Å². The van der Waals surface area contributed by atoms with E-state index in [-0.39, 0.29) is 0 Å². The predicted octanol–water partition coefficient (Wildman–Crippen LogP) is 2.75. The van der Waals surface area contributed by atoms with Crippen molar-refractivity contribution in [2.24, 2.45) is 0 Å². The van der Waals surface area contributed by atoms with Gasteiger partial charge >= 0.3 is 5.97 Å². The Bertz CT molecular complexity index is 416. The van der Waals surface area contributed by atoms with E-state index in [2.05, 4.69) is 5.16 Å². The van der Waals surface area contributed by atoms with Gasteiger partial charge in [0.2, 0.25) is 0 Å². The Hall–Kier alpha value is -1.84. The summed E-state index contributed by atoms with van der Waals surface area (Å²) in [6.45, 7) is 5.69. The van der Waals surface area contributed by atoms with E-state index in [0.717, 1.165) is 0 Å². The van der Waals surface area contributed by atoms with Gasteiger partial charge in [0.05, 0.1) is 6.61 Å². The summed E-state index contributed by atoms with van der Waals surface area (Å²) in [6.07, 6.45) is 7.23. The highest BCUT2D eigenvalue weighted by atomic mass is 16.5. The molecule has 0 unspecified atom stereocenters. The Labute approximate surface area is 94.6 Å². The molecule has 0 spiro atoms. The molecule has 0 saturated heterocycles. The first-order valence-corrected chi connectivity index (χ1v) is 5.13. The van der Waals surface area contributed by atoms with Crippen molar-refractivity contribution in [3.05, 3.63) is 35.2 Å². The number of rotatable bonds is 4. The molecule has 1 heterocycles. The van der Waals surface area contributed by atoms with Gasteiger partial charge in [-0.1, -0.05) is 23.4 Å². The summed E-state index contributed by atoms with van der Waals surface area (Å²) in [7, 11) is 0. The first kappa shape index (κ1) is 12.2. The van der Waals surface area contributed by atoms with Gasteiger partial charge in [0, 0.05) is 0 Å². The first-order chi connectivity index (χ1) is 7.70. The molecule has 0 radical (unpaired) electrons. The number of carbonyl (C=O) groups is 1. The number of nitrogens with zero attached hydrogens (tertiary/aromatic N) is 1. The summed E-state index contributed by atoms with van der Waals surface area (Å²) in [6, 6.07) is 0. The summed E-state index contributed by atoms with van der Waals surface area (Å²) < 4.78 is 9.89. The molecule has 0 aliphatic heterocycles. The number of ether oxygens (including phenoxy) is 1. The predicted molar refractivity (Wildman–Crippen MR) is 61.0 cm³/mol. The third kappa shape index (κ3) is 2.82. The highest BCUT2D eigenvalue weighted by molar-refractivity contribution is 5.93. The molecule has 0 amide bonds. The van der Waals surface area contributed by atoms with Crippen LogP contribution in [0.2, 0.25) is 0 Å². The fraction of sp³-hybridized carbons (Fsp3) is 0.333. The molecule has 0 saturated carbocycles. The van der Waals surface area contributed by atoms with Crippen LogP contribution in [0.5, 0.6) is 0 Å². The highest BCUT2D eigenvalue weighted by Gasteiger charge is 2.19. The van der Waals surface area contributed by atoms with E-state index in [9.17, 15) is 4.79 Å². The van der Waals surface area contributed by atoms with Crippen molar-refractivity contribution < 1.29 is 14.1 Å². The molecule has 1 rings (SSSR count). The molecular weight excluding hydrogens is 206 g/mol. The van der Waals surface area contributed by atoms with E-state index >= 15 is 0 Å². The largest absolute Gasteiger partial charge is 0.462 e. The SMILES string of the molecule is C/C=C/C=C/c1noc(C)c1C(=O)OCC. The van der Waals surface area contributed by atoms with Crippen LogP contribution in [0.3, 0.4) is 0 Å². The van der Waals surface area contributed by atoms with Crippen molar-refractivity contribution >= 4 is 12.0 Å². The van der Waals surface area contributed by atoms with Crippen LogP contribution in [-0.2, 0) is 4.74 Å². The van der Waals surface area contributed by atoms with E-state index in [1.807, 2.05) is 19.1 Å². The molecule has 4 nitrogen and oxygen atoms in total. The maximum atomic E-state index is 11.6. The van der Waals surface area contributed by atoms with Gasteiger partial charge in [-0.15, -0.1) is 0 Å². The van der Waals surface area contributed by atoms with E-state index < -0.39 is 5.97 Å². The number of esters is 1. The molecule has 0 aliphatic rings. The van der Waals surface area contributed by atoms with Crippen molar-refractivity contribution in [1.29, 1.82) is 0 Å². The minimum absolute atomic E-state index is 0.335. The lowest BCUT2D eigenvalue weighted by Gasteiger charge is -1.99. The molecule has 16 heavy (non-hydrogen) atoms. The number of aryl methyl sites for hydroxylation is 1.